The molecule has 0 amide bonds. The third-order valence-electron chi connectivity index (χ3n) is 2.29. The zero-order valence-electron chi connectivity index (χ0n) is 8.47. The molecule has 2 heterocycles. The average Bonchev–Trinajstić information content (AvgIpc) is 2.84. The van der Waals surface area contributed by atoms with Crippen LogP contribution in [-0.4, -0.2) is 15.2 Å². The minimum atomic E-state index is 0.212. The Labute approximate surface area is 95.2 Å². The maximum Gasteiger partial charge on any atom is 0.271 e. The summed E-state index contributed by atoms with van der Waals surface area (Å²) >= 11 is 1.44. The maximum absolute atomic E-state index is 10.0. The van der Waals surface area contributed by atoms with E-state index in [0.717, 1.165) is 10.1 Å². The molecule has 1 aromatic carbocycles. The Morgan fingerprint density at radius 2 is 2.12 bits per heavy atom. The molecule has 0 fully saturated rings. The minimum Gasteiger partial charge on any atom is -0.506 e. The molecular formula is C11H8N2O2S. The van der Waals surface area contributed by atoms with Crippen LogP contribution in [0.5, 0.6) is 5.75 Å². The predicted molar refractivity (Wildman–Crippen MR) is 61.5 cm³/mol. The van der Waals surface area contributed by atoms with E-state index in [-0.39, 0.29) is 5.75 Å². The standard InChI is InChI=1S/C11H8N2O2S/c1-6-12-11(15-13-6)10-9(14)7-4-2-3-5-8(7)16-10/h2-5,14H,1H3. The molecule has 0 atom stereocenters. The van der Waals surface area contributed by atoms with Gasteiger partial charge in [-0.2, -0.15) is 4.98 Å². The van der Waals surface area contributed by atoms with Crippen LogP contribution in [0.2, 0.25) is 0 Å². The first-order chi connectivity index (χ1) is 7.75. The van der Waals surface area contributed by atoms with Crippen molar-refractivity contribution < 1.29 is 9.63 Å². The number of fused-ring (bicyclic) bond motifs is 1. The molecule has 1 N–H and O–H groups in total. The van der Waals surface area contributed by atoms with Gasteiger partial charge in [0.15, 0.2) is 5.82 Å². The molecule has 3 rings (SSSR count). The van der Waals surface area contributed by atoms with Crippen molar-refractivity contribution in [3.63, 3.8) is 0 Å². The first-order valence-electron chi connectivity index (χ1n) is 4.77. The number of hydrogen-bond donors (Lipinski definition) is 1. The molecule has 2 aromatic heterocycles. The summed E-state index contributed by atoms with van der Waals surface area (Å²) in [6.07, 6.45) is 0. The average molecular weight is 232 g/mol. The molecule has 3 aromatic rings. The smallest absolute Gasteiger partial charge is 0.271 e. The van der Waals surface area contributed by atoms with E-state index >= 15 is 0 Å². The lowest BCUT2D eigenvalue weighted by Gasteiger charge is -1.90. The van der Waals surface area contributed by atoms with Crippen molar-refractivity contribution >= 4 is 21.4 Å². The fraction of sp³-hybridized carbons (Fsp3) is 0.0909. The first-order valence-corrected chi connectivity index (χ1v) is 5.58. The zero-order chi connectivity index (χ0) is 11.1. The van der Waals surface area contributed by atoms with Gasteiger partial charge in [-0.15, -0.1) is 11.3 Å². The van der Waals surface area contributed by atoms with E-state index < -0.39 is 0 Å². The number of benzene rings is 1. The summed E-state index contributed by atoms with van der Waals surface area (Å²) < 4.78 is 6.06. The fourth-order valence-electron chi connectivity index (χ4n) is 1.57. The van der Waals surface area contributed by atoms with Crippen LogP contribution in [0.25, 0.3) is 20.9 Å². The van der Waals surface area contributed by atoms with Gasteiger partial charge in [0.05, 0.1) is 0 Å². The minimum absolute atomic E-state index is 0.212. The zero-order valence-corrected chi connectivity index (χ0v) is 9.28. The van der Waals surface area contributed by atoms with Crippen LogP contribution in [0.4, 0.5) is 0 Å². The topological polar surface area (TPSA) is 59.2 Å². The number of rotatable bonds is 1. The molecule has 16 heavy (non-hydrogen) atoms. The third-order valence-corrected chi connectivity index (χ3v) is 3.44. The summed E-state index contributed by atoms with van der Waals surface area (Å²) in [7, 11) is 0. The Hall–Kier alpha value is -1.88. The van der Waals surface area contributed by atoms with Gasteiger partial charge >= 0.3 is 0 Å². The molecule has 5 heteroatoms. The molecule has 0 aliphatic rings. The fourth-order valence-corrected chi connectivity index (χ4v) is 2.58. The normalized spacial score (nSPS) is 11.1. The van der Waals surface area contributed by atoms with E-state index in [1.54, 1.807) is 6.92 Å². The highest BCUT2D eigenvalue weighted by molar-refractivity contribution is 7.22. The van der Waals surface area contributed by atoms with Gasteiger partial charge in [-0.3, -0.25) is 0 Å². The van der Waals surface area contributed by atoms with Gasteiger partial charge in [-0.25, -0.2) is 0 Å². The molecule has 80 valence electrons. The molecule has 0 saturated heterocycles. The molecule has 0 spiro atoms. The Morgan fingerprint density at radius 3 is 2.81 bits per heavy atom. The van der Waals surface area contributed by atoms with Crippen molar-refractivity contribution in [1.29, 1.82) is 0 Å². The van der Waals surface area contributed by atoms with Gasteiger partial charge in [0.2, 0.25) is 0 Å². The Bertz CT molecular complexity index is 657. The van der Waals surface area contributed by atoms with E-state index in [4.69, 9.17) is 4.52 Å². The first kappa shape index (κ1) is 9.35. The Balaban J connectivity index is 2.28. The van der Waals surface area contributed by atoms with E-state index in [2.05, 4.69) is 10.1 Å². The van der Waals surface area contributed by atoms with E-state index in [1.165, 1.54) is 11.3 Å². The van der Waals surface area contributed by atoms with E-state index in [0.29, 0.717) is 16.6 Å². The molecule has 0 saturated carbocycles. The summed E-state index contributed by atoms with van der Waals surface area (Å²) in [5, 5.41) is 14.6. The van der Waals surface area contributed by atoms with Crippen molar-refractivity contribution in [2.24, 2.45) is 0 Å². The molecule has 0 radical (unpaired) electrons. The quantitative estimate of drug-likeness (QED) is 0.700. The van der Waals surface area contributed by atoms with Crippen molar-refractivity contribution in [2.75, 3.05) is 0 Å². The SMILES string of the molecule is Cc1noc(-c2sc3ccccc3c2O)n1. The summed E-state index contributed by atoms with van der Waals surface area (Å²) in [6, 6.07) is 7.64. The highest BCUT2D eigenvalue weighted by atomic mass is 32.1. The van der Waals surface area contributed by atoms with Crippen LogP contribution in [0.1, 0.15) is 5.82 Å². The van der Waals surface area contributed by atoms with Crippen LogP contribution in [-0.2, 0) is 0 Å². The highest BCUT2D eigenvalue weighted by Crippen LogP contribution is 2.42. The monoisotopic (exact) mass is 232 g/mol. The summed E-state index contributed by atoms with van der Waals surface area (Å²) in [6.45, 7) is 1.75. The predicted octanol–water partition coefficient (Wildman–Crippen LogP) is 2.97. The molecule has 4 nitrogen and oxygen atoms in total. The molecule has 0 aliphatic heterocycles. The number of nitrogens with zero attached hydrogens (tertiary/aromatic N) is 2. The number of hydrogen-bond acceptors (Lipinski definition) is 5. The maximum atomic E-state index is 10.0. The van der Waals surface area contributed by atoms with Crippen molar-refractivity contribution in [1.82, 2.24) is 10.1 Å². The second kappa shape index (κ2) is 3.31. The van der Waals surface area contributed by atoms with Crippen LogP contribution < -0.4 is 0 Å². The Kier molecular flexibility index (Phi) is 1.94. The third kappa shape index (κ3) is 1.29. The largest absolute Gasteiger partial charge is 0.506 e. The van der Waals surface area contributed by atoms with Crippen molar-refractivity contribution in [3.8, 4) is 16.5 Å². The second-order valence-corrected chi connectivity index (χ2v) is 4.47. The lowest BCUT2D eigenvalue weighted by Crippen LogP contribution is -1.73. The van der Waals surface area contributed by atoms with Gasteiger partial charge < -0.3 is 9.63 Å². The number of aromatic hydroxyl groups is 1. The van der Waals surface area contributed by atoms with Gasteiger partial charge in [0, 0.05) is 10.1 Å². The van der Waals surface area contributed by atoms with Crippen LogP contribution in [0.15, 0.2) is 28.8 Å². The number of thiophene rings is 1. The molecule has 0 unspecified atom stereocenters. The lowest BCUT2D eigenvalue weighted by molar-refractivity contribution is 0.422. The van der Waals surface area contributed by atoms with Crippen LogP contribution in [0, 0.1) is 6.92 Å². The number of aryl methyl sites for hydroxylation is 1. The van der Waals surface area contributed by atoms with Crippen LogP contribution in [0.3, 0.4) is 0 Å². The van der Waals surface area contributed by atoms with Gasteiger partial charge in [0.25, 0.3) is 5.89 Å². The molecular weight excluding hydrogens is 224 g/mol. The highest BCUT2D eigenvalue weighted by Gasteiger charge is 2.17. The van der Waals surface area contributed by atoms with Gasteiger partial charge in [-0.1, -0.05) is 17.3 Å². The lowest BCUT2D eigenvalue weighted by atomic mass is 10.2. The molecule has 0 bridgehead atoms. The van der Waals surface area contributed by atoms with Gasteiger partial charge in [0.1, 0.15) is 10.6 Å². The number of aromatic nitrogens is 2. The Morgan fingerprint density at radius 1 is 1.31 bits per heavy atom. The summed E-state index contributed by atoms with van der Waals surface area (Å²) in [5.74, 6) is 1.15. The second-order valence-electron chi connectivity index (χ2n) is 3.42. The van der Waals surface area contributed by atoms with E-state index in [9.17, 15) is 5.11 Å². The summed E-state index contributed by atoms with van der Waals surface area (Å²) in [4.78, 5) is 4.74. The van der Waals surface area contributed by atoms with E-state index in [1.807, 2.05) is 24.3 Å². The van der Waals surface area contributed by atoms with Crippen molar-refractivity contribution in [2.45, 2.75) is 6.92 Å². The van der Waals surface area contributed by atoms with Crippen LogP contribution >= 0.6 is 11.3 Å². The van der Waals surface area contributed by atoms with Gasteiger partial charge in [-0.05, 0) is 19.1 Å². The van der Waals surface area contributed by atoms with Crippen molar-refractivity contribution in [3.05, 3.63) is 30.1 Å². The molecule has 0 aliphatic carbocycles. The summed E-state index contributed by atoms with van der Waals surface area (Å²) in [5.41, 5.74) is 0.